The SMILES string of the molecule is CC(C)CN1CCN(C(=O)CCNS(=O)(=O)c2ccc3c(c2)OCCCO3)CC1. The number of piperazine rings is 1. The lowest BCUT2D eigenvalue weighted by molar-refractivity contribution is -0.132. The predicted octanol–water partition coefficient (Wildman–Crippen LogP) is 1.32. The highest BCUT2D eigenvalue weighted by molar-refractivity contribution is 7.89. The van der Waals surface area contributed by atoms with Gasteiger partial charge in [-0.25, -0.2) is 13.1 Å². The molecule has 1 aromatic rings. The summed E-state index contributed by atoms with van der Waals surface area (Å²) in [5.74, 6) is 1.57. The van der Waals surface area contributed by atoms with Crippen molar-refractivity contribution in [2.24, 2.45) is 5.92 Å². The van der Waals surface area contributed by atoms with Crippen LogP contribution in [0.1, 0.15) is 26.7 Å². The third kappa shape index (κ3) is 6.07. The van der Waals surface area contributed by atoms with Gasteiger partial charge in [0.15, 0.2) is 11.5 Å². The summed E-state index contributed by atoms with van der Waals surface area (Å²) in [5.41, 5.74) is 0. The summed E-state index contributed by atoms with van der Waals surface area (Å²) in [6.07, 6.45) is 0.900. The molecule has 8 nitrogen and oxygen atoms in total. The molecule has 0 aromatic heterocycles. The van der Waals surface area contributed by atoms with E-state index < -0.39 is 10.0 Å². The highest BCUT2D eigenvalue weighted by Crippen LogP contribution is 2.31. The van der Waals surface area contributed by atoms with Gasteiger partial charge in [0.25, 0.3) is 0 Å². The largest absolute Gasteiger partial charge is 0.490 e. The van der Waals surface area contributed by atoms with Crippen LogP contribution in [-0.2, 0) is 14.8 Å². The molecule has 0 unspecified atom stereocenters. The average Bonchev–Trinajstić information content (AvgIpc) is 2.92. The van der Waals surface area contributed by atoms with E-state index in [1.165, 1.54) is 12.1 Å². The summed E-state index contributed by atoms with van der Waals surface area (Å²) >= 11 is 0. The normalized spacial score (nSPS) is 18.0. The molecule has 0 radical (unpaired) electrons. The zero-order valence-corrected chi connectivity index (χ0v) is 18.0. The molecule has 1 aromatic carbocycles. The van der Waals surface area contributed by atoms with Crippen molar-refractivity contribution in [1.82, 2.24) is 14.5 Å². The molecule has 2 heterocycles. The Morgan fingerprint density at radius 1 is 1.10 bits per heavy atom. The van der Waals surface area contributed by atoms with Gasteiger partial charge in [-0.3, -0.25) is 9.69 Å². The topological polar surface area (TPSA) is 88.2 Å². The third-order valence-corrected chi connectivity index (χ3v) is 6.47. The molecule has 0 atom stereocenters. The number of hydrogen-bond donors (Lipinski definition) is 1. The van der Waals surface area contributed by atoms with Gasteiger partial charge < -0.3 is 14.4 Å². The summed E-state index contributed by atoms with van der Waals surface area (Å²) in [5, 5.41) is 0. The third-order valence-electron chi connectivity index (χ3n) is 5.01. The molecule has 9 heteroatoms. The van der Waals surface area contributed by atoms with E-state index in [2.05, 4.69) is 23.5 Å². The fourth-order valence-corrected chi connectivity index (χ4v) is 4.59. The van der Waals surface area contributed by atoms with E-state index in [-0.39, 0.29) is 23.8 Å². The quantitative estimate of drug-likeness (QED) is 0.709. The van der Waals surface area contributed by atoms with E-state index in [1.54, 1.807) is 6.07 Å². The van der Waals surface area contributed by atoms with Crippen LogP contribution in [0, 0.1) is 5.92 Å². The Balaban J connectivity index is 1.48. The van der Waals surface area contributed by atoms with Crippen molar-refractivity contribution in [3.63, 3.8) is 0 Å². The Bertz CT molecular complexity index is 804. The highest BCUT2D eigenvalue weighted by Gasteiger charge is 2.23. The second kappa shape index (κ2) is 9.77. The van der Waals surface area contributed by atoms with Gasteiger partial charge in [-0.1, -0.05) is 13.8 Å². The molecule has 0 bridgehead atoms. The number of ether oxygens (including phenoxy) is 2. The van der Waals surface area contributed by atoms with Gasteiger partial charge in [-0.15, -0.1) is 0 Å². The highest BCUT2D eigenvalue weighted by atomic mass is 32.2. The number of hydrogen-bond acceptors (Lipinski definition) is 6. The Kier molecular flexibility index (Phi) is 7.37. The van der Waals surface area contributed by atoms with Gasteiger partial charge in [0.05, 0.1) is 18.1 Å². The molecule has 1 N–H and O–H groups in total. The molecule has 3 rings (SSSR count). The molecule has 1 fully saturated rings. The van der Waals surface area contributed by atoms with Crippen molar-refractivity contribution >= 4 is 15.9 Å². The van der Waals surface area contributed by atoms with Gasteiger partial charge in [-0.2, -0.15) is 0 Å². The second-order valence-electron chi connectivity index (χ2n) is 7.88. The van der Waals surface area contributed by atoms with Crippen LogP contribution in [0.4, 0.5) is 0 Å². The number of sulfonamides is 1. The Labute approximate surface area is 173 Å². The van der Waals surface area contributed by atoms with Crippen molar-refractivity contribution in [3.8, 4) is 11.5 Å². The Hall–Kier alpha value is -1.84. The Morgan fingerprint density at radius 3 is 2.48 bits per heavy atom. The maximum Gasteiger partial charge on any atom is 0.240 e. The summed E-state index contributed by atoms with van der Waals surface area (Å²) in [7, 11) is -3.72. The number of rotatable bonds is 7. The van der Waals surface area contributed by atoms with E-state index in [0.717, 1.165) is 26.1 Å². The first-order chi connectivity index (χ1) is 13.8. The molecular weight excluding hydrogens is 394 g/mol. The molecule has 1 saturated heterocycles. The molecule has 162 valence electrons. The van der Waals surface area contributed by atoms with Crippen LogP contribution in [0.3, 0.4) is 0 Å². The van der Waals surface area contributed by atoms with Crippen LogP contribution in [0.5, 0.6) is 11.5 Å². The zero-order valence-electron chi connectivity index (χ0n) is 17.2. The number of fused-ring (bicyclic) bond motifs is 1. The van der Waals surface area contributed by atoms with Gasteiger partial charge >= 0.3 is 0 Å². The number of benzene rings is 1. The maximum absolute atomic E-state index is 12.6. The number of amides is 1. The summed E-state index contributed by atoms with van der Waals surface area (Å²) in [6.45, 7) is 9.65. The van der Waals surface area contributed by atoms with E-state index in [1.807, 2.05) is 4.90 Å². The lowest BCUT2D eigenvalue weighted by Gasteiger charge is -2.35. The first-order valence-corrected chi connectivity index (χ1v) is 11.7. The summed E-state index contributed by atoms with van der Waals surface area (Å²) < 4.78 is 38.7. The van der Waals surface area contributed by atoms with Gasteiger partial charge in [-0.05, 0) is 18.1 Å². The van der Waals surface area contributed by atoms with Crippen molar-refractivity contribution < 1.29 is 22.7 Å². The number of carbonyl (C=O) groups is 1. The smallest absolute Gasteiger partial charge is 0.240 e. The van der Waals surface area contributed by atoms with Crippen LogP contribution < -0.4 is 14.2 Å². The molecule has 0 aliphatic carbocycles. The molecule has 2 aliphatic heterocycles. The minimum Gasteiger partial charge on any atom is -0.490 e. The summed E-state index contributed by atoms with van der Waals surface area (Å²) in [6, 6.07) is 4.57. The monoisotopic (exact) mass is 425 g/mol. The standard InChI is InChI=1S/C20H31N3O5S/c1-16(2)15-22-8-10-23(11-9-22)20(24)6-7-21-29(25,26)17-4-5-18-19(14-17)28-13-3-12-27-18/h4-5,14,16,21H,3,6-13,15H2,1-2H3. The zero-order chi connectivity index (χ0) is 20.9. The van der Waals surface area contributed by atoms with Crippen LogP contribution in [-0.4, -0.2) is 76.6 Å². The summed E-state index contributed by atoms with van der Waals surface area (Å²) in [4.78, 5) is 16.7. The van der Waals surface area contributed by atoms with Gasteiger partial charge in [0, 0.05) is 58.2 Å². The van der Waals surface area contributed by atoms with E-state index >= 15 is 0 Å². The molecular formula is C20H31N3O5S. The number of nitrogens with one attached hydrogen (secondary N) is 1. The molecule has 29 heavy (non-hydrogen) atoms. The molecule has 2 aliphatic rings. The van der Waals surface area contributed by atoms with E-state index in [0.29, 0.717) is 43.7 Å². The average molecular weight is 426 g/mol. The lowest BCUT2D eigenvalue weighted by Crippen LogP contribution is -2.49. The van der Waals surface area contributed by atoms with Crippen molar-refractivity contribution in [3.05, 3.63) is 18.2 Å². The maximum atomic E-state index is 12.6. The molecule has 1 amide bonds. The van der Waals surface area contributed by atoms with Gasteiger partial charge in [0.1, 0.15) is 0 Å². The van der Waals surface area contributed by atoms with E-state index in [4.69, 9.17) is 9.47 Å². The Morgan fingerprint density at radius 2 is 1.79 bits per heavy atom. The first-order valence-electron chi connectivity index (χ1n) is 10.2. The first kappa shape index (κ1) is 21.9. The van der Waals surface area contributed by atoms with Crippen LogP contribution in [0.2, 0.25) is 0 Å². The van der Waals surface area contributed by atoms with Crippen LogP contribution in [0.15, 0.2) is 23.1 Å². The van der Waals surface area contributed by atoms with E-state index in [9.17, 15) is 13.2 Å². The number of carbonyl (C=O) groups excluding carboxylic acids is 1. The van der Waals surface area contributed by atoms with Crippen LogP contribution in [0.25, 0.3) is 0 Å². The minimum absolute atomic E-state index is 0.0180. The van der Waals surface area contributed by atoms with Crippen molar-refractivity contribution in [1.29, 1.82) is 0 Å². The fourth-order valence-electron chi connectivity index (χ4n) is 3.54. The molecule has 0 spiro atoms. The van der Waals surface area contributed by atoms with Gasteiger partial charge in [0.2, 0.25) is 15.9 Å². The van der Waals surface area contributed by atoms with Crippen LogP contribution >= 0.6 is 0 Å². The fraction of sp³-hybridized carbons (Fsp3) is 0.650. The lowest BCUT2D eigenvalue weighted by atomic mass is 10.2. The minimum atomic E-state index is -3.72. The van der Waals surface area contributed by atoms with Crippen molar-refractivity contribution in [2.45, 2.75) is 31.6 Å². The van der Waals surface area contributed by atoms with Crippen molar-refractivity contribution in [2.75, 3.05) is 52.5 Å². The molecule has 0 saturated carbocycles. The predicted molar refractivity (Wildman–Crippen MR) is 110 cm³/mol. The number of nitrogens with zero attached hydrogens (tertiary/aromatic N) is 2. The second-order valence-corrected chi connectivity index (χ2v) is 9.65.